The molecule has 0 unspecified atom stereocenters. The Labute approximate surface area is 154 Å². The van der Waals surface area contributed by atoms with Gasteiger partial charge in [-0.2, -0.15) is 0 Å². The molecule has 0 saturated carbocycles. The molecule has 5 rings (SSSR count). The van der Waals surface area contributed by atoms with E-state index in [4.69, 9.17) is 5.73 Å². The molecule has 0 spiro atoms. The van der Waals surface area contributed by atoms with Gasteiger partial charge in [0.2, 0.25) is 0 Å². The Balaban J connectivity index is 1.66. The number of hydrogen-bond donors (Lipinski definition) is 1. The van der Waals surface area contributed by atoms with Crippen LogP contribution in [0.1, 0.15) is 0 Å². The van der Waals surface area contributed by atoms with E-state index in [0.717, 1.165) is 5.69 Å². The molecule has 0 amide bonds. The lowest BCUT2D eigenvalue weighted by Gasteiger charge is -2.04. The quantitative estimate of drug-likeness (QED) is 0.337. The highest BCUT2D eigenvalue weighted by atomic mass is 32.1. The number of benzene rings is 3. The van der Waals surface area contributed by atoms with Crippen molar-refractivity contribution >= 4 is 48.5 Å². The molecule has 0 saturated heterocycles. The van der Waals surface area contributed by atoms with Gasteiger partial charge in [-0.05, 0) is 64.4 Å². The van der Waals surface area contributed by atoms with Gasteiger partial charge in [0.25, 0.3) is 0 Å². The van der Waals surface area contributed by atoms with Crippen LogP contribution in [0.15, 0.2) is 78.9 Å². The van der Waals surface area contributed by atoms with Crippen LogP contribution in [-0.4, -0.2) is 0 Å². The first kappa shape index (κ1) is 14.7. The van der Waals surface area contributed by atoms with Gasteiger partial charge < -0.3 is 5.73 Å². The summed E-state index contributed by atoms with van der Waals surface area (Å²) in [6.45, 7) is 0. The van der Waals surface area contributed by atoms with Crippen LogP contribution in [0.5, 0.6) is 0 Å². The van der Waals surface area contributed by atoms with E-state index in [2.05, 4.69) is 78.9 Å². The van der Waals surface area contributed by atoms with Gasteiger partial charge >= 0.3 is 0 Å². The maximum atomic E-state index is 6.23. The highest BCUT2D eigenvalue weighted by molar-refractivity contribution is 7.22. The van der Waals surface area contributed by atoms with Gasteiger partial charge in [-0.1, -0.05) is 36.4 Å². The summed E-state index contributed by atoms with van der Waals surface area (Å²) in [4.78, 5) is 2.52. The van der Waals surface area contributed by atoms with Crippen LogP contribution < -0.4 is 5.73 Å². The molecule has 0 aliphatic rings. The molecule has 3 aromatic carbocycles. The summed E-state index contributed by atoms with van der Waals surface area (Å²) in [5.74, 6) is 0. The Morgan fingerprint density at radius 1 is 0.560 bits per heavy atom. The van der Waals surface area contributed by atoms with E-state index in [-0.39, 0.29) is 0 Å². The van der Waals surface area contributed by atoms with Crippen LogP contribution in [-0.2, 0) is 0 Å². The number of thiophene rings is 2. The second-order valence-electron chi connectivity index (χ2n) is 6.14. The normalized spacial score (nSPS) is 11.4. The van der Waals surface area contributed by atoms with Crippen molar-refractivity contribution in [2.24, 2.45) is 0 Å². The van der Waals surface area contributed by atoms with Crippen LogP contribution in [0.4, 0.5) is 5.69 Å². The lowest BCUT2D eigenvalue weighted by molar-refractivity contribution is 1.67. The van der Waals surface area contributed by atoms with E-state index in [1.54, 1.807) is 0 Å². The SMILES string of the molecule is Nc1cc(-c2cc3ccccc3s2)cc(-c2cc3ccccc3s2)c1. The number of nitrogens with two attached hydrogens (primary N) is 1. The van der Waals surface area contributed by atoms with Crippen LogP contribution in [0.3, 0.4) is 0 Å². The molecule has 1 nitrogen and oxygen atoms in total. The summed E-state index contributed by atoms with van der Waals surface area (Å²) in [6.07, 6.45) is 0. The predicted molar refractivity (Wildman–Crippen MR) is 112 cm³/mol. The van der Waals surface area contributed by atoms with Gasteiger partial charge in [0.15, 0.2) is 0 Å². The topological polar surface area (TPSA) is 26.0 Å². The van der Waals surface area contributed by atoms with Crippen LogP contribution in [0, 0.1) is 0 Å². The average Bonchev–Trinajstić information content (AvgIpc) is 3.25. The molecule has 120 valence electrons. The third-order valence-electron chi connectivity index (χ3n) is 4.38. The van der Waals surface area contributed by atoms with E-state index >= 15 is 0 Å². The lowest BCUT2D eigenvalue weighted by Crippen LogP contribution is -1.86. The molecule has 5 aromatic rings. The minimum Gasteiger partial charge on any atom is -0.399 e. The molecule has 0 aliphatic heterocycles. The van der Waals surface area contributed by atoms with Crippen molar-refractivity contribution in [3.63, 3.8) is 0 Å². The molecule has 2 heterocycles. The zero-order valence-electron chi connectivity index (χ0n) is 13.4. The van der Waals surface area contributed by atoms with Crippen molar-refractivity contribution < 1.29 is 0 Å². The van der Waals surface area contributed by atoms with Gasteiger partial charge in [-0.25, -0.2) is 0 Å². The van der Waals surface area contributed by atoms with Crippen LogP contribution in [0.2, 0.25) is 0 Å². The summed E-state index contributed by atoms with van der Waals surface area (Å²) >= 11 is 3.63. The maximum absolute atomic E-state index is 6.23. The van der Waals surface area contributed by atoms with Crippen molar-refractivity contribution in [3.8, 4) is 20.9 Å². The summed E-state index contributed by atoms with van der Waals surface area (Å²) in [5, 5.41) is 2.57. The van der Waals surface area contributed by atoms with Gasteiger partial charge in [0.1, 0.15) is 0 Å². The highest BCUT2D eigenvalue weighted by Gasteiger charge is 2.09. The highest BCUT2D eigenvalue weighted by Crippen LogP contribution is 2.39. The zero-order chi connectivity index (χ0) is 16.8. The number of rotatable bonds is 2. The van der Waals surface area contributed by atoms with E-state index in [0.29, 0.717) is 0 Å². The fourth-order valence-corrected chi connectivity index (χ4v) is 5.28. The summed E-state index contributed by atoms with van der Waals surface area (Å²) < 4.78 is 2.62. The van der Waals surface area contributed by atoms with Gasteiger partial charge in [-0.15, -0.1) is 22.7 Å². The largest absolute Gasteiger partial charge is 0.399 e. The van der Waals surface area contributed by atoms with E-state index in [1.165, 1.54) is 41.1 Å². The van der Waals surface area contributed by atoms with E-state index < -0.39 is 0 Å². The summed E-state index contributed by atoms with van der Waals surface area (Å²) in [6, 6.07) is 27.9. The lowest BCUT2D eigenvalue weighted by atomic mass is 10.1. The second kappa shape index (κ2) is 5.73. The second-order valence-corrected chi connectivity index (χ2v) is 8.31. The van der Waals surface area contributed by atoms with Crippen molar-refractivity contribution in [3.05, 3.63) is 78.9 Å². The fraction of sp³-hybridized carbons (Fsp3) is 0. The Morgan fingerprint density at radius 2 is 1.04 bits per heavy atom. The Hall–Kier alpha value is -2.62. The van der Waals surface area contributed by atoms with Gasteiger partial charge in [-0.3, -0.25) is 0 Å². The molecule has 25 heavy (non-hydrogen) atoms. The third-order valence-corrected chi connectivity index (χ3v) is 6.71. The molecule has 0 aliphatic carbocycles. The van der Waals surface area contributed by atoms with Crippen molar-refractivity contribution in [1.29, 1.82) is 0 Å². The summed E-state index contributed by atoms with van der Waals surface area (Å²) in [5.41, 5.74) is 9.42. The monoisotopic (exact) mass is 357 g/mol. The maximum Gasteiger partial charge on any atom is 0.0356 e. The third kappa shape index (κ3) is 2.62. The van der Waals surface area contributed by atoms with E-state index in [1.807, 2.05) is 22.7 Å². The molecule has 0 atom stereocenters. The number of hydrogen-bond acceptors (Lipinski definition) is 3. The molecule has 0 fully saturated rings. The minimum atomic E-state index is 0.808. The minimum absolute atomic E-state index is 0.808. The molecule has 2 N–H and O–H groups in total. The first-order chi connectivity index (χ1) is 12.3. The number of fused-ring (bicyclic) bond motifs is 2. The molecule has 0 radical (unpaired) electrons. The fourth-order valence-electron chi connectivity index (χ4n) is 3.18. The molecular weight excluding hydrogens is 342 g/mol. The van der Waals surface area contributed by atoms with Crippen molar-refractivity contribution in [2.75, 3.05) is 5.73 Å². The van der Waals surface area contributed by atoms with Crippen LogP contribution >= 0.6 is 22.7 Å². The zero-order valence-corrected chi connectivity index (χ0v) is 15.0. The average molecular weight is 358 g/mol. The van der Waals surface area contributed by atoms with Gasteiger partial charge in [0, 0.05) is 24.8 Å². The summed E-state index contributed by atoms with van der Waals surface area (Å²) in [7, 11) is 0. The van der Waals surface area contributed by atoms with E-state index in [9.17, 15) is 0 Å². The smallest absolute Gasteiger partial charge is 0.0356 e. The van der Waals surface area contributed by atoms with Crippen LogP contribution in [0.25, 0.3) is 41.1 Å². The van der Waals surface area contributed by atoms with Crippen molar-refractivity contribution in [1.82, 2.24) is 0 Å². The van der Waals surface area contributed by atoms with Gasteiger partial charge in [0.05, 0.1) is 0 Å². The molecule has 0 bridgehead atoms. The predicted octanol–water partition coefficient (Wildman–Crippen LogP) is 7.03. The number of nitrogen functional groups attached to an aromatic ring is 1. The Morgan fingerprint density at radius 3 is 1.52 bits per heavy atom. The molecule has 2 aromatic heterocycles. The molecule has 3 heteroatoms. The molecular formula is C22H15NS2. The standard InChI is InChI=1S/C22H15NS2/c23-18-10-16(21-12-14-5-1-3-7-19(14)24-21)9-17(11-18)22-13-15-6-2-4-8-20(15)25-22/h1-13H,23H2. The van der Waals surface area contributed by atoms with Crippen molar-refractivity contribution in [2.45, 2.75) is 0 Å². The first-order valence-corrected chi connectivity index (χ1v) is 9.78. The Bertz CT molecular complexity index is 1050. The first-order valence-electron chi connectivity index (χ1n) is 8.15. The Kier molecular flexibility index (Phi) is 3.37. The number of anilines is 1.